The highest BCUT2D eigenvalue weighted by atomic mass is 35.5. The molecular formula is C30H26ClF3N4O3. The van der Waals surface area contributed by atoms with E-state index in [0.717, 1.165) is 0 Å². The van der Waals surface area contributed by atoms with E-state index in [9.17, 15) is 32.8 Å². The molecule has 3 atom stereocenters. The van der Waals surface area contributed by atoms with Crippen molar-refractivity contribution in [3.8, 4) is 6.07 Å². The standard InChI is InChI=1S/C30H26ClF3N4O3/c31-23-10-5-11-25-22(23)15-26(39)24(17-38(25)20-9-4-6-18(14-20)16-35)37-29(41)21(12-13-30(32,33)34)27(28(36)40)19-7-2-1-3-8-19/h1-11,14,21,24,27H,12-13,15,17H2,(H2,36,40)(H,37,41)/t21-,24+,27+/m1/s1. The van der Waals surface area contributed by atoms with Crippen LogP contribution in [0.15, 0.2) is 72.8 Å². The first-order valence-electron chi connectivity index (χ1n) is 12.8. The molecule has 7 nitrogen and oxygen atoms in total. The highest BCUT2D eigenvalue weighted by Gasteiger charge is 2.40. The van der Waals surface area contributed by atoms with E-state index in [-0.39, 0.29) is 13.0 Å². The summed E-state index contributed by atoms with van der Waals surface area (Å²) < 4.78 is 39.8. The number of hydrogen-bond donors (Lipinski definition) is 2. The van der Waals surface area contributed by atoms with Crippen molar-refractivity contribution in [1.29, 1.82) is 5.26 Å². The number of nitrogens with one attached hydrogen (secondary N) is 1. The number of Topliss-reactive ketones (excluding diaryl/α,β-unsaturated/α-hetero) is 1. The number of anilines is 2. The fourth-order valence-electron chi connectivity index (χ4n) is 5.07. The molecule has 0 aromatic heterocycles. The SMILES string of the molecule is N#Cc1cccc(N2C[C@H](NC(=O)[C@H](CCC(F)(F)F)[C@@H](C(N)=O)c3ccccc3)C(=O)Cc3c(Cl)cccc32)c1. The number of nitriles is 1. The number of nitrogens with two attached hydrogens (primary N) is 1. The number of carbonyl (C=O) groups excluding carboxylic acids is 3. The highest BCUT2D eigenvalue weighted by molar-refractivity contribution is 6.32. The third-order valence-corrected chi connectivity index (χ3v) is 7.39. The van der Waals surface area contributed by atoms with E-state index in [1.807, 2.05) is 0 Å². The van der Waals surface area contributed by atoms with Crippen LogP contribution in [0.1, 0.15) is 35.4 Å². The molecule has 0 fully saturated rings. The first-order chi connectivity index (χ1) is 19.5. The largest absolute Gasteiger partial charge is 0.389 e. The maximum atomic E-state index is 13.7. The first kappa shape index (κ1) is 29.6. The van der Waals surface area contributed by atoms with Gasteiger partial charge in [-0.25, -0.2) is 0 Å². The molecule has 11 heteroatoms. The Morgan fingerprint density at radius 3 is 2.46 bits per heavy atom. The number of benzene rings is 3. The predicted molar refractivity (Wildman–Crippen MR) is 147 cm³/mol. The zero-order chi connectivity index (χ0) is 29.7. The zero-order valence-electron chi connectivity index (χ0n) is 21.7. The van der Waals surface area contributed by atoms with Gasteiger partial charge < -0.3 is 16.0 Å². The van der Waals surface area contributed by atoms with Gasteiger partial charge in [-0.3, -0.25) is 14.4 Å². The molecule has 0 aliphatic carbocycles. The molecule has 0 saturated heterocycles. The van der Waals surface area contributed by atoms with Gasteiger partial charge in [0.25, 0.3) is 0 Å². The van der Waals surface area contributed by atoms with Crippen LogP contribution in [0.25, 0.3) is 0 Å². The van der Waals surface area contributed by atoms with Crippen molar-refractivity contribution in [2.75, 3.05) is 11.4 Å². The minimum Gasteiger partial charge on any atom is -0.369 e. The monoisotopic (exact) mass is 582 g/mol. The van der Waals surface area contributed by atoms with Gasteiger partial charge in [0, 0.05) is 34.8 Å². The van der Waals surface area contributed by atoms with Crippen LogP contribution in [0.3, 0.4) is 0 Å². The highest BCUT2D eigenvalue weighted by Crippen LogP contribution is 2.37. The van der Waals surface area contributed by atoms with E-state index in [1.54, 1.807) is 65.6 Å². The molecule has 2 amide bonds. The fourth-order valence-corrected chi connectivity index (χ4v) is 5.31. The molecule has 0 unspecified atom stereocenters. The van der Waals surface area contributed by atoms with Crippen molar-refractivity contribution in [2.24, 2.45) is 11.7 Å². The summed E-state index contributed by atoms with van der Waals surface area (Å²) >= 11 is 6.45. The predicted octanol–water partition coefficient (Wildman–Crippen LogP) is 5.19. The van der Waals surface area contributed by atoms with Gasteiger partial charge in [-0.1, -0.05) is 54.1 Å². The van der Waals surface area contributed by atoms with Crippen LogP contribution >= 0.6 is 11.6 Å². The molecule has 0 radical (unpaired) electrons. The topological polar surface area (TPSA) is 116 Å². The third kappa shape index (κ3) is 7.05. The van der Waals surface area contributed by atoms with Crippen molar-refractivity contribution < 1.29 is 27.6 Å². The number of fused-ring (bicyclic) bond motifs is 1. The molecule has 0 saturated carbocycles. The molecule has 3 aromatic carbocycles. The second-order valence-corrected chi connectivity index (χ2v) is 10.2. The molecular weight excluding hydrogens is 557 g/mol. The van der Waals surface area contributed by atoms with E-state index >= 15 is 0 Å². The number of ketones is 1. The summed E-state index contributed by atoms with van der Waals surface area (Å²) in [6, 6.07) is 20.5. The number of primary amides is 1. The lowest BCUT2D eigenvalue weighted by Crippen LogP contribution is -2.50. The smallest absolute Gasteiger partial charge is 0.369 e. The number of nitrogens with zero attached hydrogens (tertiary/aromatic N) is 2. The van der Waals surface area contributed by atoms with Gasteiger partial charge in [0.05, 0.1) is 30.0 Å². The average molecular weight is 583 g/mol. The minimum absolute atomic E-state index is 0.0919. The van der Waals surface area contributed by atoms with Crippen molar-refractivity contribution in [3.63, 3.8) is 0 Å². The lowest BCUT2D eigenvalue weighted by atomic mass is 9.81. The summed E-state index contributed by atoms with van der Waals surface area (Å²) in [6.45, 7) is -0.0919. The van der Waals surface area contributed by atoms with Gasteiger partial charge >= 0.3 is 6.18 Å². The van der Waals surface area contributed by atoms with E-state index < -0.39 is 54.5 Å². The Morgan fingerprint density at radius 2 is 1.80 bits per heavy atom. The molecule has 1 aliphatic rings. The summed E-state index contributed by atoms with van der Waals surface area (Å²) in [6.07, 6.45) is -6.77. The maximum absolute atomic E-state index is 13.7. The Hall–Kier alpha value is -4.36. The Kier molecular flexibility index (Phi) is 8.98. The summed E-state index contributed by atoms with van der Waals surface area (Å²) in [5, 5.41) is 12.4. The fraction of sp³-hybridized carbons (Fsp3) is 0.267. The number of amides is 2. The summed E-state index contributed by atoms with van der Waals surface area (Å²) in [5.74, 6) is -5.12. The van der Waals surface area contributed by atoms with Crippen molar-refractivity contribution in [2.45, 2.75) is 37.4 Å². The molecule has 0 spiro atoms. The van der Waals surface area contributed by atoms with Crippen molar-refractivity contribution in [3.05, 3.63) is 94.5 Å². The number of alkyl halides is 3. The van der Waals surface area contributed by atoms with Crippen LogP contribution in [0, 0.1) is 17.2 Å². The quantitative estimate of drug-likeness (QED) is 0.379. The molecule has 41 heavy (non-hydrogen) atoms. The van der Waals surface area contributed by atoms with Crippen LogP contribution in [-0.4, -0.2) is 36.4 Å². The number of halogens is 4. The van der Waals surface area contributed by atoms with Crippen LogP contribution in [-0.2, 0) is 20.8 Å². The molecule has 3 aromatic rings. The lowest BCUT2D eigenvalue weighted by molar-refractivity contribution is -0.144. The number of hydrogen-bond acceptors (Lipinski definition) is 5. The molecule has 3 N–H and O–H groups in total. The van der Waals surface area contributed by atoms with Gasteiger partial charge in [0.1, 0.15) is 6.04 Å². The molecule has 1 aliphatic heterocycles. The van der Waals surface area contributed by atoms with Crippen LogP contribution in [0.4, 0.5) is 24.5 Å². The molecule has 4 rings (SSSR count). The van der Waals surface area contributed by atoms with Crippen LogP contribution in [0.2, 0.25) is 5.02 Å². The van der Waals surface area contributed by atoms with E-state index in [4.69, 9.17) is 17.3 Å². The van der Waals surface area contributed by atoms with Crippen LogP contribution < -0.4 is 16.0 Å². The van der Waals surface area contributed by atoms with Gasteiger partial charge in [0.2, 0.25) is 11.8 Å². The maximum Gasteiger partial charge on any atom is 0.389 e. The summed E-state index contributed by atoms with van der Waals surface area (Å²) in [7, 11) is 0. The molecule has 1 heterocycles. The van der Waals surface area contributed by atoms with Gasteiger partial charge in [0.15, 0.2) is 5.78 Å². The number of carbonyl (C=O) groups is 3. The second kappa shape index (κ2) is 12.4. The summed E-state index contributed by atoms with van der Waals surface area (Å²) in [5.41, 5.74) is 7.92. The Bertz CT molecular complexity index is 1490. The molecule has 0 bridgehead atoms. The third-order valence-electron chi connectivity index (χ3n) is 7.04. The Labute approximate surface area is 239 Å². The second-order valence-electron chi connectivity index (χ2n) is 9.77. The van der Waals surface area contributed by atoms with Crippen molar-refractivity contribution >= 4 is 40.6 Å². The normalized spacial score (nSPS) is 16.6. The van der Waals surface area contributed by atoms with Gasteiger partial charge in [-0.15, -0.1) is 0 Å². The van der Waals surface area contributed by atoms with E-state index in [1.165, 1.54) is 12.1 Å². The lowest BCUT2D eigenvalue weighted by Gasteiger charge is -2.30. The van der Waals surface area contributed by atoms with E-state index in [0.29, 0.717) is 33.1 Å². The van der Waals surface area contributed by atoms with Gasteiger partial charge in [-0.05, 0) is 42.3 Å². The van der Waals surface area contributed by atoms with Gasteiger partial charge in [-0.2, -0.15) is 18.4 Å². The number of rotatable bonds is 8. The van der Waals surface area contributed by atoms with Crippen LogP contribution in [0.5, 0.6) is 0 Å². The minimum atomic E-state index is -4.59. The average Bonchev–Trinajstić information content (AvgIpc) is 3.07. The Morgan fingerprint density at radius 1 is 1.10 bits per heavy atom. The zero-order valence-corrected chi connectivity index (χ0v) is 22.5. The first-order valence-corrected chi connectivity index (χ1v) is 13.2. The van der Waals surface area contributed by atoms with E-state index in [2.05, 4.69) is 11.4 Å². The summed E-state index contributed by atoms with van der Waals surface area (Å²) in [4.78, 5) is 41.4. The van der Waals surface area contributed by atoms with Crippen molar-refractivity contribution in [1.82, 2.24) is 5.32 Å². The molecule has 212 valence electrons. The Balaban J connectivity index is 1.71.